The molecule has 2 rings (SSSR count). The van der Waals surface area contributed by atoms with Gasteiger partial charge in [-0.3, -0.25) is 9.59 Å². The summed E-state index contributed by atoms with van der Waals surface area (Å²) >= 11 is 1.43. The maximum atomic E-state index is 12.1. The fourth-order valence-electron chi connectivity index (χ4n) is 2.11. The van der Waals surface area contributed by atoms with Crippen LogP contribution < -0.4 is 10.6 Å². The molecule has 0 atom stereocenters. The number of rotatable bonds is 5. The largest absolute Gasteiger partial charge is 0.352 e. The topological polar surface area (TPSA) is 71.1 Å². The summed E-state index contributed by atoms with van der Waals surface area (Å²) < 4.78 is 0. The Bertz CT molecular complexity index is 715. The number of nitrogens with one attached hydrogen (secondary N) is 2. The van der Waals surface area contributed by atoms with Crippen LogP contribution in [0.2, 0.25) is 0 Å². The van der Waals surface area contributed by atoms with E-state index in [2.05, 4.69) is 36.4 Å². The number of aromatic nitrogens is 1. The molecule has 2 N–H and O–H groups in total. The first-order valence-corrected chi connectivity index (χ1v) is 8.68. The van der Waals surface area contributed by atoms with Crippen molar-refractivity contribution >= 4 is 28.3 Å². The van der Waals surface area contributed by atoms with Gasteiger partial charge in [0.05, 0.1) is 0 Å². The zero-order valence-corrected chi connectivity index (χ0v) is 15.3. The van der Waals surface area contributed by atoms with Crippen molar-refractivity contribution in [3.05, 3.63) is 46.5 Å². The van der Waals surface area contributed by atoms with Crippen LogP contribution in [0.3, 0.4) is 0 Å². The van der Waals surface area contributed by atoms with E-state index in [9.17, 15) is 9.59 Å². The van der Waals surface area contributed by atoms with Crippen LogP contribution >= 0.6 is 11.3 Å². The number of amides is 2. The minimum absolute atomic E-state index is 0.0568. The van der Waals surface area contributed by atoms with E-state index in [4.69, 9.17) is 0 Å². The van der Waals surface area contributed by atoms with Crippen LogP contribution in [0.15, 0.2) is 30.5 Å². The monoisotopic (exact) mass is 345 g/mol. The van der Waals surface area contributed by atoms with Crippen LogP contribution in [0.4, 0.5) is 5.13 Å². The zero-order valence-electron chi connectivity index (χ0n) is 14.5. The minimum atomic E-state index is -0.173. The van der Waals surface area contributed by atoms with Crippen molar-refractivity contribution in [2.24, 2.45) is 0 Å². The Morgan fingerprint density at radius 3 is 2.38 bits per heavy atom. The van der Waals surface area contributed by atoms with E-state index in [-0.39, 0.29) is 30.2 Å². The lowest BCUT2D eigenvalue weighted by Crippen LogP contribution is -2.27. The van der Waals surface area contributed by atoms with Gasteiger partial charge in [-0.2, -0.15) is 0 Å². The lowest BCUT2D eigenvalue weighted by Gasteiger charge is -2.19. The van der Waals surface area contributed by atoms with Crippen molar-refractivity contribution in [3.63, 3.8) is 0 Å². The summed E-state index contributed by atoms with van der Waals surface area (Å²) in [5.74, 6) is -0.332. The predicted molar refractivity (Wildman–Crippen MR) is 97.6 cm³/mol. The summed E-state index contributed by atoms with van der Waals surface area (Å²) in [6.07, 6.45) is 1.92. The van der Waals surface area contributed by atoms with Gasteiger partial charge in [0.15, 0.2) is 5.13 Å². The molecule has 6 heteroatoms. The minimum Gasteiger partial charge on any atom is -0.352 e. The average Bonchev–Trinajstić information content (AvgIpc) is 2.91. The number of benzene rings is 1. The SMILES string of the molecule is Cc1cnc(NC(=O)CCNC(=O)c2ccc(C(C)(C)C)cc2)s1. The number of nitrogens with zero attached hydrogens (tertiary/aromatic N) is 1. The molecule has 0 unspecified atom stereocenters. The second-order valence-corrected chi connectivity index (χ2v) is 7.89. The van der Waals surface area contributed by atoms with Gasteiger partial charge in [0.25, 0.3) is 5.91 Å². The van der Waals surface area contributed by atoms with Gasteiger partial charge in [0.1, 0.15) is 0 Å². The molecule has 0 radical (unpaired) electrons. The molecular formula is C18H23N3O2S. The van der Waals surface area contributed by atoms with E-state index < -0.39 is 0 Å². The van der Waals surface area contributed by atoms with E-state index in [1.807, 2.05) is 31.2 Å². The first-order chi connectivity index (χ1) is 11.3. The van der Waals surface area contributed by atoms with Crippen LogP contribution in [0.5, 0.6) is 0 Å². The Hall–Kier alpha value is -2.21. The normalized spacial score (nSPS) is 11.2. The van der Waals surface area contributed by atoms with Gasteiger partial charge in [0.2, 0.25) is 5.91 Å². The van der Waals surface area contributed by atoms with E-state index in [0.717, 1.165) is 4.88 Å². The molecule has 0 saturated heterocycles. The third-order valence-corrected chi connectivity index (χ3v) is 4.35. The van der Waals surface area contributed by atoms with Gasteiger partial charge in [0, 0.05) is 29.6 Å². The molecule has 1 aromatic carbocycles. The molecule has 2 aromatic rings. The number of carbonyl (C=O) groups excluding carboxylic acids is 2. The number of hydrogen-bond acceptors (Lipinski definition) is 4. The lowest BCUT2D eigenvalue weighted by atomic mass is 9.87. The van der Waals surface area contributed by atoms with Gasteiger partial charge in [-0.1, -0.05) is 32.9 Å². The van der Waals surface area contributed by atoms with E-state index in [0.29, 0.717) is 10.7 Å². The van der Waals surface area contributed by atoms with Gasteiger partial charge in [-0.25, -0.2) is 4.98 Å². The molecule has 5 nitrogen and oxygen atoms in total. The molecule has 1 aromatic heterocycles. The molecule has 0 fully saturated rings. The highest BCUT2D eigenvalue weighted by atomic mass is 32.1. The molecule has 0 spiro atoms. The summed E-state index contributed by atoms with van der Waals surface area (Å²) in [6, 6.07) is 7.56. The Labute approximate surface area is 146 Å². The molecular weight excluding hydrogens is 322 g/mol. The van der Waals surface area contributed by atoms with Crippen LogP contribution in [0, 0.1) is 6.92 Å². The lowest BCUT2D eigenvalue weighted by molar-refractivity contribution is -0.116. The van der Waals surface area contributed by atoms with Crippen LogP contribution in [-0.2, 0) is 10.2 Å². The number of thiazole rings is 1. The molecule has 2 amide bonds. The third kappa shape index (κ3) is 5.16. The summed E-state index contributed by atoms with van der Waals surface area (Å²) in [6.45, 7) is 8.61. The predicted octanol–water partition coefficient (Wildman–Crippen LogP) is 3.51. The second-order valence-electron chi connectivity index (χ2n) is 6.66. The molecule has 0 aliphatic heterocycles. The third-order valence-electron chi connectivity index (χ3n) is 3.52. The number of anilines is 1. The van der Waals surface area contributed by atoms with Crippen molar-refractivity contribution in [3.8, 4) is 0 Å². The van der Waals surface area contributed by atoms with Crippen molar-refractivity contribution in [2.45, 2.75) is 39.5 Å². The summed E-state index contributed by atoms with van der Waals surface area (Å²) in [5, 5.41) is 6.06. The van der Waals surface area contributed by atoms with Crippen molar-refractivity contribution < 1.29 is 9.59 Å². The second kappa shape index (κ2) is 7.57. The van der Waals surface area contributed by atoms with Gasteiger partial charge in [-0.15, -0.1) is 11.3 Å². The number of aryl methyl sites for hydroxylation is 1. The first kappa shape index (κ1) is 18.1. The Balaban J connectivity index is 1.79. The smallest absolute Gasteiger partial charge is 0.251 e. The van der Waals surface area contributed by atoms with E-state index in [1.165, 1.54) is 16.9 Å². The summed E-state index contributed by atoms with van der Waals surface area (Å²) in [5.41, 5.74) is 1.83. The maximum Gasteiger partial charge on any atom is 0.251 e. The van der Waals surface area contributed by atoms with Crippen molar-refractivity contribution in [2.75, 3.05) is 11.9 Å². The molecule has 0 aliphatic carbocycles. The van der Waals surface area contributed by atoms with Gasteiger partial charge >= 0.3 is 0 Å². The van der Waals surface area contributed by atoms with Gasteiger partial charge < -0.3 is 10.6 Å². The molecule has 24 heavy (non-hydrogen) atoms. The zero-order chi connectivity index (χ0) is 17.7. The Kier molecular flexibility index (Phi) is 5.72. The van der Waals surface area contributed by atoms with Crippen LogP contribution in [0.25, 0.3) is 0 Å². The van der Waals surface area contributed by atoms with Gasteiger partial charge in [-0.05, 0) is 30.0 Å². The summed E-state index contributed by atoms with van der Waals surface area (Å²) in [7, 11) is 0. The number of carbonyl (C=O) groups is 2. The highest BCUT2D eigenvalue weighted by molar-refractivity contribution is 7.15. The molecule has 128 valence electrons. The highest BCUT2D eigenvalue weighted by Crippen LogP contribution is 2.22. The fraction of sp³-hybridized carbons (Fsp3) is 0.389. The van der Waals surface area contributed by atoms with Crippen molar-refractivity contribution in [1.82, 2.24) is 10.3 Å². The fourth-order valence-corrected chi connectivity index (χ4v) is 2.79. The highest BCUT2D eigenvalue weighted by Gasteiger charge is 2.14. The van der Waals surface area contributed by atoms with Crippen LogP contribution in [-0.4, -0.2) is 23.3 Å². The average molecular weight is 345 g/mol. The maximum absolute atomic E-state index is 12.1. The Morgan fingerprint density at radius 1 is 1.17 bits per heavy atom. The standard InChI is InChI=1S/C18H23N3O2S/c1-12-11-20-17(24-12)21-15(22)9-10-19-16(23)13-5-7-14(8-6-13)18(2,3)4/h5-8,11H,9-10H2,1-4H3,(H,19,23)(H,20,21,22). The van der Waals surface area contributed by atoms with Crippen molar-refractivity contribution in [1.29, 1.82) is 0 Å². The summed E-state index contributed by atoms with van der Waals surface area (Å²) in [4.78, 5) is 29.0. The van der Waals surface area contributed by atoms with E-state index in [1.54, 1.807) is 6.20 Å². The number of hydrogen-bond donors (Lipinski definition) is 2. The molecule has 0 bridgehead atoms. The van der Waals surface area contributed by atoms with Crippen LogP contribution in [0.1, 0.15) is 48.0 Å². The molecule has 0 aliphatic rings. The first-order valence-electron chi connectivity index (χ1n) is 7.87. The Morgan fingerprint density at radius 2 is 1.83 bits per heavy atom. The molecule has 1 heterocycles. The quantitative estimate of drug-likeness (QED) is 0.871. The molecule has 0 saturated carbocycles. The van der Waals surface area contributed by atoms with E-state index >= 15 is 0 Å².